The van der Waals surface area contributed by atoms with Crippen LogP contribution in [0, 0.1) is 0 Å². The molecule has 4 rings (SSSR count). The molecule has 3 aromatic rings. The minimum absolute atomic E-state index is 0.150. The quantitative estimate of drug-likeness (QED) is 0.728. The van der Waals surface area contributed by atoms with E-state index < -0.39 is 0 Å². The van der Waals surface area contributed by atoms with Gasteiger partial charge in [-0.2, -0.15) is 0 Å². The maximum atomic E-state index is 12.4. The van der Waals surface area contributed by atoms with Crippen molar-refractivity contribution in [1.82, 2.24) is 14.5 Å². The molecule has 21 heavy (non-hydrogen) atoms. The minimum Gasteiger partial charge on any atom is -0.336 e. The van der Waals surface area contributed by atoms with Gasteiger partial charge in [0.15, 0.2) is 0 Å². The zero-order chi connectivity index (χ0) is 14.2. The molecular weight excluding hydrogens is 282 g/mol. The predicted octanol–water partition coefficient (Wildman–Crippen LogP) is 3.19. The third kappa shape index (κ3) is 2.14. The van der Waals surface area contributed by atoms with Crippen LogP contribution in [0.2, 0.25) is 0 Å². The fourth-order valence-electron chi connectivity index (χ4n) is 2.98. The topological polar surface area (TPSA) is 38.1 Å². The molecule has 4 nitrogen and oxygen atoms in total. The lowest BCUT2D eigenvalue weighted by atomic mass is 10.2. The van der Waals surface area contributed by atoms with Gasteiger partial charge in [0.1, 0.15) is 0 Å². The summed E-state index contributed by atoms with van der Waals surface area (Å²) in [4.78, 5) is 19.6. The molecule has 0 aliphatic carbocycles. The number of thiophene rings is 1. The third-order valence-electron chi connectivity index (χ3n) is 4.06. The Balaban J connectivity index is 1.58. The molecule has 3 heterocycles. The minimum atomic E-state index is 0.150. The van der Waals surface area contributed by atoms with Gasteiger partial charge in [0.05, 0.1) is 28.3 Å². The first-order valence-electron chi connectivity index (χ1n) is 7.07. The van der Waals surface area contributed by atoms with Crippen molar-refractivity contribution >= 4 is 28.3 Å². The van der Waals surface area contributed by atoms with Gasteiger partial charge in [-0.15, -0.1) is 11.3 Å². The van der Waals surface area contributed by atoms with Crippen molar-refractivity contribution < 1.29 is 4.79 Å². The van der Waals surface area contributed by atoms with E-state index in [-0.39, 0.29) is 5.91 Å². The van der Waals surface area contributed by atoms with E-state index in [1.807, 2.05) is 46.9 Å². The number of hydrogen-bond acceptors (Lipinski definition) is 3. The molecule has 1 saturated heterocycles. The second-order valence-electron chi connectivity index (χ2n) is 5.31. The van der Waals surface area contributed by atoms with E-state index in [4.69, 9.17) is 0 Å². The van der Waals surface area contributed by atoms with Crippen LogP contribution in [0.4, 0.5) is 0 Å². The molecule has 0 unspecified atom stereocenters. The number of rotatable bonds is 2. The zero-order valence-electron chi connectivity index (χ0n) is 11.5. The van der Waals surface area contributed by atoms with Gasteiger partial charge in [0.2, 0.25) is 0 Å². The predicted molar refractivity (Wildman–Crippen MR) is 83.6 cm³/mol. The first kappa shape index (κ1) is 12.6. The van der Waals surface area contributed by atoms with Crippen LogP contribution >= 0.6 is 11.3 Å². The van der Waals surface area contributed by atoms with Crippen molar-refractivity contribution in [3.05, 3.63) is 53.0 Å². The highest BCUT2D eigenvalue weighted by Gasteiger charge is 2.29. The standard InChI is InChI=1S/C16H15N3OS/c20-16(15-6-3-9-21-15)18-8-7-12(10-18)19-11-17-13-4-1-2-5-14(13)19/h1-6,9,11-12H,7-8,10H2/t12-/m1/s1. The first-order valence-corrected chi connectivity index (χ1v) is 7.95. The van der Waals surface area contributed by atoms with Crippen LogP contribution in [0.25, 0.3) is 11.0 Å². The summed E-state index contributed by atoms with van der Waals surface area (Å²) in [5.74, 6) is 0.150. The van der Waals surface area contributed by atoms with Crippen molar-refractivity contribution in [2.75, 3.05) is 13.1 Å². The number of hydrogen-bond donors (Lipinski definition) is 0. The average Bonchev–Trinajstić information content (AvgIpc) is 3.25. The molecule has 1 aliphatic rings. The fourth-order valence-corrected chi connectivity index (χ4v) is 3.67. The number of amides is 1. The Morgan fingerprint density at radius 2 is 2.14 bits per heavy atom. The molecule has 1 amide bonds. The van der Waals surface area contributed by atoms with E-state index in [0.717, 1.165) is 35.4 Å². The Hall–Kier alpha value is -2.14. The molecule has 5 heteroatoms. The lowest BCUT2D eigenvalue weighted by Crippen LogP contribution is -2.28. The third-order valence-corrected chi connectivity index (χ3v) is 4.91. The van der Waals surface area contributed by atoms with Crippen molar-refractivity contribution in [2.45, 2.75) is 12.5 Å². The van der Waals surface area contributed by atoms with Crippen molar-refractivity contribution in [2.24, 2.45) is 0 Å². The summed E-state index contributed by atoms with van der Waals surface area (Å²) in [5, 5.41) is 1.95. The van der Waals surface area contributed by atoms with Crippen molar-refractivity contribution in [3.63, 3.8) is 0 Å². The highest BCUT2D eigenvalue weighted by Crippen LogP contribution is 2.27. The van der Waals surface area contributed by atoms with E-state index in [2.05, 4.69) is 15.6 Å². The second kappa shape index (κ2) is 5.00. The molecule has 2 aromatic heterocycles. The summed E-state index contributed by atoms with van der Waals surface area (Å²) in [6.07, 6.45) is 2.88. The van der Waals surface area contributed by atoms with Crippen LogP contribution < -0.4 is 0 Å². The van der Waals surface area contributed by atoms with E-state index >= 15 is 0 Å². The number of likely N-dealkylation sites (tertiary alicyclic amines) is 1. The molecule has 1 fully saturated rings. The van der Waals surface area contributed by atoms with Crippen LogP contribution in [0.5, 0.6) is 0 Å². The van der Waals surface area contributed by atoms with E-state index in [1.165, 1.54) is 11.3 Å². The monoisotopic (exact) mass is 297 g/mol. The van der Waals surface area contributed by atoms with Crippen LogP contribution in [-0.4, -0.2) is 33.4 Å². The van der Waals surface area contributed by atoms with Gasteiger partial charge >= 0.3 is 0 Å². The number of carbonyl (C=O) groups is 1. The first-order chi connectivity index (χ1) is 10.3. The summed E-state index contributed by atoms with van der Waals surface area (Å²) in [5.41, 5.74) is 2.16. The number of aromatic nitrogens is 2. The van der Waals surface area contributed by atoms with Crippen LogP contribution in [-0.2, 0) is 0 Å². The molecule has 0 bridgehead atoms. The number of nitrogens with zero attached hydrogens (tertiary/aromatic N) is 3. The molecule has 106 valence electrons. The van der Waals surface area contributed by atoms with Gasteiger partial charge in [-0.1, -0.05) is 18.2 Å². The number of para-hydroxylation sites is 2. The van der Waals surface area contributed by atoms with Crippen molar-refractivity contribution in [1.29, 1.82) is 0 Å². The molecule has 1 aromatic carbocycles. The van der Waals surface area contributed by atoms with Gasteiger partial charge < -0.3 is 9.47 Å². The number of imidazole rings is 1. The number of carbonyl (C=O) groups excluding carboxylic acids is 1. The average molecular weight is 297 g/mol. The molecule has 0 saturated carbocycles. The highest BCUT2D eigenvalue weighted by atomic mass is 32.1. The highest BCUT2D eigenvalue weighted by molar-refractivity contribution is 7.12. The summed E-state index contributed by atoms with van der Waals surface area (Å²) in [6, 6.07) is 12.3. The van der Waals surface area contributed by atoms with Gasteiger partial charge in [0.25, 0.3) is 5.91 Å². The van der Waals surface area contributed by atoms with Crippen LogP contribution in [0.15, 0.2) is 48.1 Å². The van der Waals surface area contributed by atoms with E-state index in [0.29, 0.717) is 6.04 Å². The Kier molecular flexibility index (Phi) is 3.00. The second-order valence-corrected chi connectivity index (χ2v) is 6.26. The van der Waals surface area contributed by atoms with Gasteiger partial charge in [-0.25, -0.2) is 4.98 Å². The molecule has 1 aliphatic heterocycles. The number of benzene rings is 1. The van der Waals surface area contributed by atoms with Gasteiger partial charge in [-0.05, 0) is 30.0 Å². The summed E-state index contributed by atoms with van der Waals surface area (Å²) in [6.45, 7) is 1.57. The maximum Gasteiger partial charge on any atom is 0.263 e. The molecule has 0 radical (unpaired) electrons. The fraction of sp³-hybridized carbons (Fsp3) is 0.250. The lowest BCUT2D eigenvalue weighted by Gasteiger charge is -2.16. The lowest BCUT2D eigenvalue weighted by molar-refractivity contribution is 0.0792. The Morgan fingerprint density at radius 1 is 1.24 bits per heavy atom. The molecule has 0 N–H and O–H groups in total. The van der Waals surface area contributed by atoms with Gasteiger partial charge in [-0.3, -0.25) is 4.79 Å². The largest absolute Gasteiger partial charge is 0.336 e. The summed E-state index contributed by atoms with van der Waals surface area (Å²) in [7, 11) is 0. The number of fused-ring (bicyclic) bond motifs is 1. The summed E-state index contributed by atoms with van der Waals surface area (Å²) >= 11 is 1.51. The smallest absolute Gasteiger partial charge is 0.263 e. The summed E-state index contributed by atoms with van der Waals surface area (Å²) < 4.78 is 2.21. The maximum absolute atomic E-state index is 12.4. The molecule has 0 spiro atoms. The SMILES string of the molecule is O=C(c1cccs1)N1CC[C@@H](n2cnc3ccccc32)C1. The van der Waals surface area contributed by atoms with Crippen LogP contribution in [0.3, 0.4) is 0 Å². The Morgan fingerprint density at radius 3 is 3.00 bits per heavy atom. The molecule has 1 atom stereocenters. The van der Waals surface area contributed by atoms with Crippen molar-refractivity contribution in [3.8, 4) is 0 Å². The zero-order valence-corrected chi connectivity index (χ0v) is 12.3. The van der Waals surface area contributed by atoms with E-state index in [1.54, 1.807) is 0 Å². The molecular formula is C16H15N3OS. The van der Waals surface area contributed by atoms with E-state index in [9.17, 15) is 4.79 Å². The van der Waals surface area contributed by atoms with Crippen LogP contribution in [0.1, 0.15) is 22.1 Å². The normalized spacial score (nSPS) is 18.5. The Bertz CT molecular complexity index is 778. The Labute approximate surface area is 126 Å². The van der Waals surface area contributed by atoms with Gasteiger partial charge in [0, 0.05) is 13.1 Å².